The second-order valence-electron chi connectivity index (χ2n) is 8.93. The van der Waals surface area contributed by atoms with Crippen LogP contribution >= 0.6 is 0 Å². The van der Waals surface area contributed by atoms with Crippen molar-refractivity contribution >= 4 is 11.9 Å². The van der Waals surface area contributed by atoms with Gasteiger partial charge in [-0.2, -0.15) is 0 Å². The second-order valence-corrected chi connectivity index (χ2v) is 8.93. The first-order valence-electron chi connectivity index (χ1n) is 11.6. The van der Waals surface area contributed by atoms with Gasteiger partial charge in [0.1, 0.15) is 12.3 Å². The zero-order valence-corrected chi connectivity index (χ0v) is 19.1. The zero-order chi connectivity index (χ0) is 22.3. The first-order chi connectivity index (χ1) is 15.6. The number of hydrogen-bond acceptors (Lipinski definition) is 3. The molecule has 1 aliphatic carbocycles. The summed E-state index contributed by atoms with van der Waals surface area (Å²) in [6.45, 7) is 0.799. The van der Waals surface area contributed by atoms with Crippen LogP contribution in [0.15, 0.2) is 59.6 Å². The highest BCUT2D eigenvalue weighted by molar-refractivity contribution is 5.85. The quantitative estimate of drug-likeness (QED) is 0.554. The number of para-hydroxylation sites is 1. The Kier molecular flexibility index (Phi) is 7.30. The SMILES string of the molecule is CN(C)C(=O)CN=C(NC1CCC(c2ccccc2)CC1)NC1CCOc2ccccc21. The summed E-state index contributed by atoms with van der Waals surface area (Å²) < 4.78 is 5.81. The van der Waals surface area contributed by atoms with Crippen molar-refractivity contribution in [3.05, 3.63) is 65.7 Å². The van der Waals surface area contributed by atoms with Crippen molar-refractivity contribution in [2.45, 2.75) is 50.1 Å². The van der Waals surface area contributed by atoms with E-state index in [2.05, 4.69) is 52.0 Å². The highest BCUT2D eigenvalue weighted by atomic mass is 16.5. The molecule has 1 heterocycles. The Morgan fingerprint density at radius 3 is 2.44 bits per heavy atom. The number of guanidine groups is 1. The molecule has 2 aliphatic rings. The topological polar surface area (TPSA) is 66.0 Å². The van der Waals surface area contributed by atoms with Crippen molar-refractivity contribution < 1.29 is 9.53 Å². The van der Waals surface area contributed by atoms with Crippen molar-refractivity contribution in [2.24, 2.45) is 4.99 Å². The number of ether oxygens (including phenoxy) is 1. The minimum atomic E-state index is -0.00809. The maximum absolute atomic E-state index is 12.2. The molecule has 0 bridgehead atoms. The van der Waals surface area contributed by atoms with Crippen LogP contribution in [0.2, 0.25) is 0 Å². The highest BCUT2D eigenvalue weighted by Crippen LogP contribution is 2.33. The summed E-state index contributed by atoms with van der Waals surface area (Å²) in [7, 11) is 3.52. The lowest BCUT2D eigenvalue weighted by Crippen LogP contribution is -2.47. The van der Waals surface area contributed by atoms with E-state index in [0.29, 0.717) is 24.5 Å². The Bertz CT molecular complexity index is 920. The molecule has 1 unspecified atom stereocenters. The van der Waals surface area contributed by atoms with E-state index in [9.17, 15) is 4.79 Å². The van der Waals surface area contributed by atoms with Gasteiger partial charge >= 0.3 is 0 Å². The second kappa shape index (κ2) is 10.5. The summed E-state index contributed by atoms with van der Waals surface area (Å²) in [6, 6.07) is 19.4. The lowest BCUT2D eigenvalue weighted by atomic mass is 9.82. The van der Waals surface area contributed by atoms with E-state index in [0.717, 1.165) is 43.4 Å². The number of amides is 1. The van der Waals surface area contributed by atoms with E-state index in [-0.39, 0.29) is 18.5 Å². The maximum Gasteiger partial charge on any atom is 0.243 e. The van der Waals surface area contributed by atoms with Crippen LogP contribution in [0.5, 0.6) is 5.75 Å². The van der Waals surface area contributed by atoms with Gasteiger partial charge in [0.25, 0.3) is 0 Å². The fourth-order valence-electron chi connectivity index (χ4n) is 4.57. The van der Waals surface area contributed by atoms with Crippen LogP contribution in [0.4, 0.5) is 0 Å². The molecule has 0 saturated heterocycles. The fraction of sp³-hybridized carbons (Fsp3) is 0.462. The molecule has 4 rings (SSSR count). The van der Waals surface area contributed by atoms with Gasteiger partial charge in [-0.05, 0) is 43.2 Å². The van der Waals surface area contributed by atoms with E-state index in [4.69, 9.17) is 4.74 Å². The van der Waals surface area contributed by atoms with Crippen molar-refractivity contribution in [1.29, 1.82) is 0 Å². The number of aliphatic imine (C=N–C) groups is 1. The van der Waals surface area contributed by atoms with Crippen LogP contribution in [0.3, 0.4) is 0 Å². The van der Waals surface area contributed by atoms with Crippen LogP contribution in [0, 0.1) is 0 Å². The number of fused-ring (bicyclic) bond motifs is 1. The van der Waals surface area contributed by atoms with Crippen LogP contribution < -0.4 is 15.4 Å². The molecule has 32 heavy (non-hydrogen) atoms. The molecule has 1 saturated carbocycles. The lowest BCUT2D eigenvalue weighted by Gasteiger charge is -2.33. The van der Waals surface area contributed by atoms with Gasteiger partial charge in [-0.15, -0.1) is 0 Å². The van der Waals surface area contributed by atoms with Crippen molar-refractivity contribution in [3.63, 3.8) is 0 Å². The number of nitrogens with one attached hydrogen (secondary N) is 2. The van der Waals surface area contributed by atoms with Gasteiger partial charge in [0.05, 0.1) is 12.6 Å². The van der Waals surface area contributed by atoms with Gasteiger partial charge in [0.2, 0.25) is 5.91 Å². The number of benzene rings is 2. The number of nitrogens with zero attached hydrogens (tertiary/aromatic N) is 2. The molecule has 1 atom stereocenters. The summed E-state index contributed by atoms with van der Waals surface area (Å²) in [5.74, 6) is 2.25. The van der Waals surface area contributed by atoms with Crippen molar-refractivity contribution in [3.8, 4) is 5.75 Å². The Labute approximate surface area is 191 Å². The summed E-state index contributed by atoms with van der Waals surface area (Å²) >= 11 is 0. The standard InChI is InChI=1S/C26H34N4O2/c1-30(2)25(31)18-27-26(29-23-16-17-32-24-11-7-6-10-22(23)24)28-21-14-12-20(13-15-21)19-8-4-3-5-9-19/h3-11,20-21,23H,12-18H2,1-2H3,(H2,27,28,29). The Morgan fingerprint density at radius 1 is 0.969 bits per heavy atom. The minimum Gasteiger partial charge on any atom is -0.493 e. The first kappa shape index (κ1) is 22.2. The van der Waals surface area contributed by atoms with Gasteiger partial charge in [-0.1, -0.05) is 48.5 Å². The smallest absolute Gasteiger partial charge is 0.243 e. The molecule has 0 spiro atoms. The number of carbonyl (C=O) groups is 1. The van der Waals surface area contributed by atoms with Gasteiger partial charge < -0.3 is 20.3 Å². The van der Waals surface area contributed by atoms with Gasteiger partial charge in [0.15, 0.2) is 5.96 Å². The van der Waals surface area contributed by atoms with Gasteiger partial charge in [-0.25, -0.2) is 4.99 Å². The van der Waals surface area contributed by atoms with E-state index in [1.54, 1.807) is 19.0 Å². The lowest BCUT2D eigenvalue weighted by molar-refractivity contribution is -0.127. The minimum absolute atomic E-state index is 0.00809. The third kappa shape index (κ3) is 5.61. The van der Waals surface area contributed by atoms with Crippen LogP contribution in [0.1, 0.15) is 55.2 Å². The largest absolute Gasteiger partial charge is 0.493 e. The summed E-state index contributed by atoms with van der Waals surface area (Å²) in [4.78, 5) is 18.4. The Balaban J connectivity index is 1.42. The van der Waals surface area contributed by atoms with Crippen LogP contribution in [-0.2, 0) is 4.79 Å². The number of carbonyl (C=O) groups excluding carboxylic acids is 1. The first-order valence-corrected chi connectivity index (χ1v) is 11.6. The molecule has 1 fully saturated rings. The molecule has 2 aromatic rings. The molecule has 170 valence electrons. The molecular formula is C26H34N4O2. The molecule has 6 heteroatoms. The number of hydrogen-bond donors (Lipinski definition) is 2. The highest BCUT2D eigenvalue weighted by Gasteiger charge is 2.26. The Hall–Kier alpha value is -3.02. The zero-order valence-electron chi connectivity index (χ0n) is 19.1. The monoisotopic (exact) mass is 434 g/mol. The van der Waals surface area contributed by atoms with Gasteiger partial charge in [-0.3, -0.25) is 4.79 Å². The molecule has 2 aromatic carbocycles. The van der Waals surface area contributed by atoms with Crippen molar-refractivity contribution in [1.82, 2.24) is 15.5 Å². The van der Waals surface area contributed by atoms with E-state index >= 15 is 0 Å². The third-order valence-electron chi connectivity index (χ3n) is 6.48. The molecule has 0 radical (unpaired) electrons. The molecule has 2 N–H and O–H groups in total. The predicted octanol–water partition coefficient (Wildman–Crippen LogP) is 3.86. The molecule has 1 aliphatic heterocycles. The normalized spacial score (nSPS) is 22.9. The average molecular weight is 435 g/mol. The number of rotatable bonds is 5. The molecule has 1 amide bonds. The van der Waals surface area contributed by atoms with Gasteiger partial charge in [0, 0.05) is 32.1 Å². The summed E-state index contributed by atoms with van der Waals surface area (Å²) in [6.07, 6.45) is 5.36. The van der Waals surface area contributed by atoms with E-state index in [1.165, 1.54) is 5.56 Å². The number of likely N-dealkylation sites (N-methyl/N-ethyl adjacent to an activating group) is 1. The summed E-state index contributed by atoms with van der Waals surface area (Å²) in [5.41, 5.74) is 2.58. The van der Waals surface area contributed by atoms with E-state index in [1.807, 2.05) is 18.2 Å². The maximum atomic E-state index is 12.2. The Morgan fingerprint density at radius 2 is 1.69 bits per heavy atom. The predicted molar refractivity (Wildman–Crippen MR) is 128 cm³/mol. The van der Waals surface area contributed by atoms with E-state index < -0.39 is 0 Å². The van der Waals surface area contributed by atoms with Crippen LogP contribution in [0.25, 0.3) is 0 Å². The third-order valence-corrected chi connectivity index (χ3v) is 6.48. The molecular weight excluding hydrogens is 400 g/mol. The summed E-state index contributed by atoms with van der Waals surface area (Å²) in [5, 5.41) is 7.21. The van der Waals surface area contributed by atoms with Crippen molar-refractivity contribution in [2.75, 3.05) is 27.2 Å². The average Bonchev–Trinajstić information content (AvgIpc) is 2.83. The fourth-order valence-corrected chi connectivity index (χ4v) is 4.57. The molecule has 0 aromatic heterocycles. The molecule has 6 nitrogen and oxygen atoms in total. The van der Waals surface area contributed by atoms with Crippen LogP contribution in [-0.4, -0.2) is 50.1 Å².